The number of ether oxygens (including phenoxy) is 1. The average molecular weight is 366 g/mol. The quantitative estimate of drug-likeness (QED) is 0.843. The van der Waals surface area contributed by atoms with E-state index in [-0.39, 0.29) is 12.1 Å². The minimum atomic E-state index is -0.347. The molecule has 8 heteroatoms. The van der Waals surface area contributed by atoms with Crippen molar-refractivity contribution in [1.29, 1.82) is 0 Å². The summed E-state index contributed by atoms with van der Waals surface area (Å²) < 4.78 is 7.36. The minimum Gasteiger partial charge on any atom is -0.419 e. The van der Waals surface area contributed by atoms with Gasteiger partial charge in [-0.2, -0.15) is 0 Å². The number of nitrogens with one attached hydrogen (secondary N) is 1. The molecule has 22 heavy (non-hydrogen) atoms. The van der Waals surface area contributed by atoms with Crippen LogP contribution in [0.1, 0.15) is 12.8 Å². The maximum atomic E-state index is 11.8. The van der Waals surface area contributed by atoms with Gasteiger partial charge in [0.15, 0.2) is 5.65 Å². The van der Waals surface area contributed by atoms with Gasteiger partial charge in [-0.3, -0.25) is 0 Å². The van der Waals surface area contributed by atoms with Crippen molar-refractivity contribution < 1.29 is 9.53 Å². The van der Waals surface area contributed by atoms with E-state index in [0.717, 1.165) is 35.2 Å². The Morgan fingerprint density at radius 2 is 2.45 bits per heavy atom. The zero-order valence-electron chi connectivity index (χ0n) is 11.9. The summed E-state index contributed by atoms with van der Waals surface area (Å²) in [6, 6.07) is 3.85. The normalized spacial score (nSPS) is 17.7. The molecule has 0 bridgehead atoms. The van der Waals surface area contributed by atoms with Gasteiger partial charge >= 0.3 is 6.09 Å². The summed E-state index contributed by atoms with van der Waals surface area (Å²) >= 11 is 3.40. The molecular formula is C14H16BrN5O2. The number of anilines is 1. The number of hydrogen-bond acceptors (Lipinski definition) is 5. The molecule has 1 fully saturated rings. The molecule has 2 aromatic rings. The Bertz CT molecular complexity index is 702. The van der Waals surface area contributed by atoms with Crippen LogP contribution in [0.3, 0.4) is 0 Å². The average Bonchev–Trinajstić information content (AvgIpc) is 3.13. The van der Waals surface area contributed by atoms with E-state index in [1.165, 1.54) is 0 Å². The van der Waals surface area contributed by atoms with Gasteiger partial charge in [-0.1, -0.05) is 6.58 Å². The Balaban J connectivity index is 1.66. The first kappa shape index (κ1) is 14.8. The van der Waals surface area contributed by atoms with Gasteiger partial charge < -0.3 is 15.0 Å². The highest BCUT2D eigenvalue weighted by molar-refractivity contribution is 9.10. The van der Waals surface area contributed by atoms with Gasteiger partial charge in [-0.05, 0) is 40.9 Å². The minimum absolute atomic E-state index is 0.0937. The molecule has 1 saturated heterocycles. The number of aromatic nitrogens is 3. The van der Waals surface area contributed by atoms with Crippen molar-refractivity contribution in [3.63, 3.8) is 0 Å². The molecule has 0 spiro atoms. The SMILES string of the molecule is C=COC(=O)N1CCC[C@H]1CNc1ccc2ncc(Br)n2n1. The van der Waals surface area contributed by atoms with Crippen molar-refractivity contribution in [3.05, 3.63) is 35.8 Å². The third kappa shape index (κ3) is 2.92. The number of carbonyl (C=O) groups excluding carboxylic acids is 1. The molecule has 7 nitrogen and oxygen atoms in total. The monoisotopic (exact) mass is 365 g/mol. The number of amides is 1. The Hall–Kier alpha value is -2.09. The van der Waals surface area contributed by atoms with Crippen LogP contribution in [-0.4, -0.2) is 44.7 Å². The highest BCUT2D eigenvalue weighted by atomic mass is 79.9. The maximum absolute atomic E-state index is 11.8. The summed E-state index contributed by atoms with van der Waals surface area (Å²) in [5.41, 5.74) is 0.773. The number of hydrogen-bond donors (Lipinski definition) is 1. The number of imidazole rings is 1. The van der Waals surface area contributed by atoms with E-state index < -0.39 is 0 Å². The molecule has 0 saturated carbocycles. The summed E-state index contributed by atoms with van der Waals surface area (Å²) in [4.78, 5) is 17.7. The Kier molecular flexibility index (Phi) is 4.28. The van der Waals surface area contributed by atoms with Crippen LogP contribution < -0.4 is 5.32 Å². The number of fused-ring (bicyclic) bond motifs is 1. The van der Waals surface area contributed by atoms with E-state index in [0.29, 0.717) is 13.1 Å². The highest BCUT2D eigenvalue weighted by Gasteiger charge is 2.29. The van der Waals surface area contributed by atoms with Gasteiger partial charge in [0.2, 0.25) is 0 Å². The molecule has 1 aliphatic rings. The standard InChI is InChI=1S/C14H16BrN5O2/c1-2-22-14(21)19-7-3-4-10(19)8-16-12-5-6-13-17-9-11(15)20(13)18-12/h2,5-6,9-10H,1,3-4,7-8H2,(H,16,18)/t10-/m0/s1. The molecule has 0 aromatic carbocycles. The van der Waals surface area contributed by atoms with Crippen LogP contribution in [0.4, 0.5) is 10.6 Å². The molecule has 0 aliphatic carbocycles. The number of carbonyl (C=O) groups is 1. The van der Waals surface area contributed by atoms with Crippen LogP contribution >= 0.6 is 15.9 Å². The van der Waals surface area contributed by atoms with Gasteiger partial charge in [-0.15, -0.1) is 5.10 Å². The van der Waals surface area contributed by atoms with E-state index in [2.05, 4.69) is 37.9 Å². The summed E-state index contributed by atoms with van der Waals surface area (Å²) in [7, 11) is 0. The summed E-state index contributed by atoms with van der Waals surface area (Å²) in [6.07, 6.45) is 4.43. The maximum Gasteiger partial charge on any atom is 0.414 e. The molecule has 3 rings (SSSR count). The number of likely N-dealkylation sites (tertiary alicyclic amines) is 1. The largest absolute Gasteiger partial charge is 0.419 e. The Morgan fingerprint density at radius 3 is 3.27 bits per heavy atom. The lowest BCUT2D eigenvalue weighted by atomic mass is 10.2. The molecule has 0 unspecified atom stereocenters. The van der Waals surface area contributed by atoms with Crippen molar-refractivity contribution in [2.45, 2.75) is 18.9 Å². The first-order valence-corrected chi connectivity index (χ1v) is 7.80. The highest BCUT2D eigenvalue weighted by Crippen LogP contribution is 2.19. The van der Waals surface area contributed by atoms with Gasteiger partial charge in [0.1, 0.15) is 10.4 Å². The summed E-state index contributed by atoms with van der Waals surface area (Å²) in [5, 5.41) is 7.71. The molecule has 0 radical (unpaired) electrons. The van der Waals surface area contributed by atoms with Gasteiger partial charge in [0.05, 0.1) is 18.5 Å². The zero-order chi connectivity index (χ0) is 15.5. The van der Waals surface area contributed by atoms with Crippen molar-refractivity contribution >= 4 is 33.5 Å². The Morgan fingerprint density at radius 1 is 1.59 bits per heavy atom. The first-order chi connectivity index (χ1) is 10.7. The molecular weight excluding hydrogens is 350 g/mol. The van der Waals surface area contributed by atoms with E-state index in [4.69, 9.17) is 4.74 Å². The number of rotatable bonds is 4. The van der Waals surface area contributed by atoms with E-state index in [9.17, 15) is 4.79 Å². The molecule has 1 aliphatic heterocycles. The lowest BCUT2D eigenvalue weighted by molar-refractivity contribution is 0.134. The van der Waals surface area contributed by atoms with E-state index >= 15 is 0 Å². The molecule has 1 amide bonds. The fourth-order valence-corrected chi connectivity index (χ4v) is 2.95. The van der Waals surface area contributed by atoms with Crippen LogP contribution in [0.2, 0.25) is 0 Å². The van der Waals surface area contributed by atoms with Gasteiger partial charge in [0.25, 0.3) is 0 Å². The van der Waals surface area contributed by atoms with E-state index in [1.807, 2.05) is 12.1 Å². The van der Waals surface area contributed by atoms with Crippen molar-refractivity contribution in [2.75, 3.05) is 18.4 Å². The van der Waals surface area contributed by atoms with Gasteiger partial charge in [-0.25, -0.2) is 14.3 Å². The van der Waals surface area contributed by atoms with Crippen molar-refractivity contribution in [1.82, 2.24) is 19.5 Å². The van der Waals surface area contributed by atoms with Crippen molar-refractivity contribution in [2.24, 2.45) is 0 Å². The second-order valence-corrected chi connectivity index (χ2v) is 5.80. The zero-order valence-corrected chi connectivity index (χ0v) is 13.5. The first-order valence-electron chi connectivity index (χ1n) is 7.01. The van der Waals surface area contributed by atoms with Crippen LogP contribution in [0.5, 0.6) is 0 Å². The lowest BCUT2D eigenvalue weighted by Gasteiger charge is -2.23. The number of nitrogens with zero attached hydrogens (tertiary/aromatic N) is 4. The fraction of sp³-hybridized carbons (Fsp3) is 0.357. The smallest absolute Gasteiger partial charge is 0.414 e. The summed E-state index contributed by atoms with van der Waals surface area (Å²) in [6.45, 7) is 4.74. The Labute approximate surface area is 136 Å². The molecule has 3 heterocycles. The van der Waals surface area contributed by atoms with Crippen LogP contribution in [0.15, 0.2) is 35.8 Å². The summed E-state index contributed by atoms with van der Waals surface area (Å²) in [5.74, 6) is 0.732. The van der Waals surface area contributed by atoms with Crippen LogP contribution in [0, 0.1) is 0 Å². The third-order valence-electron chi connectivity index (χ3n) is 3.64. The lowest BCUT2D eigenvalue weighted by Crippen LogP contribution is -2.39. The number of halogens is 1. The molecule has 2 aromatic heterocycles. The van der Waals surface area contributed by atoms with Gasteiger partial charge in [0, 0.05) is 13.1 Å². The fourth-order valence-electron chi connectivity index (χ4n) is 2.59. The molecule has 116 valence electrons. The second-order valence-electron chi connectivity index (χ2n) is 4.99. The second kappa shape index (κ2) is 6.35. The van der Waals surface area contributed by atoms with Crippen molar-refractivity contribution in [3.8, 4) is 0 Å². The van der Waals surface area contributed by atoms with Crippen LogP contribution in [0.25, 0.3) is 5.65 Å². The molecule has 1 N–H and O–H groups in total. The third-order valence-corrected chi connectivity index (χ3v) is 4.18. The van der Waals surface area contributed by atoms with Crippen LogP contribution in [-0.2, 0) is 4.74 Å². The van der Waals surface area contributed by atoms with E-state index in [1.54, 1.807) is 15.6 Å². The topological polar surface area (TPSA) is 71.8 Å². The predicted molar refractivity (Wildman–Crippen MR) is 85.6 cm³/mol. The molecule has 1 atom stereocenters. The predicted octanol–water partition coefficient (Wildman–Crippen LogP) is 2.65.